The first kappa shape index (κ1) is 20.0. The number of carbonyl (C=O) groups excluding carboxylic acids is 2. The molecule has 0 aliphatic heterocycles. The van der Waals surface area contributed by atoms with Crippen LogP contribution in [0.2, 0.25) is 0 Å². The zero-order valence-electron chi connectivity index (χ0n) is 16.8. The summed E-state index contributed by atoms with van der Waals surface area (Å²) in [4.78, 5) is 29.8. The number of benzene rings is 2. The average molecular weight is 397 g/mol. The fourth-order valence-corrected chi connectivity index (χ4v) is 4.25. The summed E-state index contributed by atoms with van der Waals surface area (Å²) in [7, 11) is 0. The van der Waals surface area contributed by atoms with Gasteiger partial charge >= 0.3 is 5.97 Å². The van der Waals surface area contributed by atoms with Gasteiger partial charge in [0, 0.05) is 5.56 Å². The minimum absolute atomic E-state index is 0.0231. The maximum atomic E-state index is 12.8. The fraction of sp³-hybridized carbons (Fsp3) is 0.318. The van der Waals surface area contributed by atoms with E-state index >= 15 is 0 Å². The topological polar surface area (TPSA) is 60.7 Å². The first-order valence-electron chi connectivity index (χ1n) is 9.22. The van der Waals surface area contributed by atoms with Gasteiger partial charge in [0.2, 0.25) is 0 Å². The van der Waals surface area contributed by atoms with Crippen molar-refractivity contribution in [1.82, 2.24) is 4.57 Å². The molecule has 0 bridgehead atoms. The third-order valence-electron chi connectivity index (χ3n) is 4.56. The van der Waals surface area contributed by atoms with E-state index in [1.165, 1.54) is 11.3 Å². The predicted octanol–water partition coefficient (Wildman–Crippen LogP) is 4.24. The molecular weight excluding hydrogens is 372 g/mol. The zero-order valence-corrected chi connectivity index (χ0v) is 17.6. The van der Waals surface area contributed by atoms with Crippen molar-refractivity contribution < 1.29 is 14.3 Å². The molecule has 0 saturated heterocycles. The Hall–Kier alpha value is -2.73. The van der Waals surface area contributed by atoms with Crippen molar-refractivity contribution >= 4 is 33.4 Å². The normalized spacial score (nSPS) is 11.8. The summed E-state index contributed by atoms with van der Waals surface area (Å²) in [5.41, 5.74) is 5.73. The number of ether oxygens (including phenoxy) is 1. The molecular formula is C22H24N2O3S. The third kappa shape index (κ3) is 4.22. The molecule has 0 radical (unpaired) electrons. The predicted molar refractivity (Wildman–Crippen MR) is 112 cm³/mol. The van der Waals surface area contributed by atoms with Gasteiger partial charge in [-0.05, 0) is 70.0 Å². The van der Waals surface area contributed by atoms with Crippen LogP contribution < -0.4 is 4.80 Å². The summed E-state index contributed by atoms with van der Waals surface area (Å²) >= 11 is 1.41. The number of rotatable bonds is 4. The molecule has 5 nitrogen and oxygen atoms in total. The number of fused-ring (bicyclic) bond motifs is 1. The fourth-order valence-electron chi connectivity index (χ4n) is 3.14. The molecule has 2 aromatic carbocycles. The van der Waals surface area contributed by atoms with E-state index in [1.807, 2.05) is 52.0 Å². The van der Waals surface area contributed by atoms with E-state index in [9.17, 15) is 9.59 Å². The van der Waals surface area contributed by atoms with E-state index in [0.717, 1.165) is 32.5 Å². The minimum atomic E-state index is -0.347. The monoisotopic (exact) mass is 396 g/mol. The summed E-state index contributed by atoms with van der Waals surface area (Å²) < 4.78 is 7.87. The van der Waals surface area contributed by atoms with Gasteiger partial charge in [0.25, 0.3) is 5.91 Å². The maximum absolute atomic E-state index is 12.8. The van der Waals surface area contributed by atoms with Crippen LogP contribution in [-0.2, 0) is 16.1 Å². The third-order valence-corrected chi connectivity index (χ3v) is 5.60. The molecule has 1 aromatic heterocycles. The van der Waals surface area contributed by atoms with Gasteiger partial charge in [-0.1, -0.05) is 28.5 Å². The molecule has 1 heterocycles. The first-order valence-corrected chi connectivity index (χ1v) is 10.0. The maximum Gasteiger partial charge on any atom is 0.326 e. The lowest BCUT2D eigenvalue weighted by atomic mass is 10.1. The van der Waals surface area contributed by atoms with Crippen LogP contribution in [0, 0.1) is 27.7 Å². The SMILES string of the molecule is CCOC(=O)Cn1c(=NC(=O)c2cc(C)cc(C)c2)sc2cc(C)c(C)cc21. The van der Waals surface area contributed by atoms with E-state index in [0.29, 0.717) is 17.0 Å². The highest BCUT2D eigenvalue weighted by Gasteiger charge is 2.14. The highest BCUT2D eigenvalue weighted by atomic mass is 32.1. The molecule has 0 N–H and O–H groups in total. The highest BCUT2D eigenvalue weighted by Crippen LogP contribution is 2.22. The number of amides is 1. The molecule has 0 aliphatic carbocycles. The summed E-state index contributed by atoms with van der Waals surface area (Å²) in [5.74, 6) is -0.662. The molecule has 3 rings (SSSR count). The van der Waals surface area contributed by atoms with Crippen LogP contribution in [0.1, 0.15) is 39.5 Å². The van der Waals surface area contributed by atoms with Gasteiger partial charge < -0.3 is 9.30 Å². The number of esters is 1. The van der Waals surface area contributed by atoms with Crippen LogP contribution >= 0.6 is 11.3 Å². The van der Waals surface area contributed by atoms with Gasteiger partial charge in [0.1, 0.15) is 6.54 Å². The molecule has 146 valence electrons. The van der Waals surface area contributed by atoms with Crippen molar-refractivity contribution in [1.29, 1.82) is 0 Å². The number of hydrogen-bond donors (Lipinski definition) is 0. The number of carbonyl (C=O) groups is 2. The number of aromatic nitrogens is 1. The standard InChI is InChI=1S/C22H24N2O3S/c1-6-27-20(25)12-24-18-10-15(4)16(5)11-19(18)28-22(24)23-21(26)17-8-13(2)7-14(3)9-17/h7-11H,6,12H2,1-5H3. The molecule has 1 amide bonds. The van der Waals surface area contributed by atoms with Gasteiger partial charge in [-0.2, -0.15) is 4.99 Å². The van der Waals surface area contributed by atoms with E-state index < -0.39 is 0 Å². The van der Waals surface area contributed by atoms with Gasteiger partial charge in [-0.15, -0.1) is 0 Å². The lowest BCUT2D eigenvalue weighted by Crippen LogP contribution is -2.23. The molecule has 0 fully saturated rings. The Morgan fingerprint density at radius 1 is 1.00 bits per heavy atom. The van der Waals surface area contributed by atoms with Gasteiger partial charge in [0.05, 0.1) is 16.8 Å². The highest BCUT2D eigenvalue weighted by molar-refractivity contribution is 7.16. The Morgan fingerprint density at radius 2 is 1.64 bits per heavy atom. The number of aryl methyl sites for hydroxylation is 4. The number of thiazole rings is 1. The van der Waals surface area contributed by atoms with Crippen LogP contribution in [-0.4, -0.2) is 23.1 Å². The molecule has 28 heavy (non-hydrogen) atoms. The van der Waals surface area contributed by atoms with Crippen molar-refractivity contribution in [2.24, 2.45) is 4.99 Å². The first-order chi connectivity index (χ1) is 13.3. The lowest BCUT2D eigenvalue weighted by molar-refractivity contribution is -0.143. The van der Waals surface area contributed by atoms with Crippen LogP contribution in [0.3, 0.4) is 0 Å². The molecule has 3 aromatic rings. The van der Waals surface area contributed by atoms with E-state index in [4.69, 9.17) is 4.74 Å². The summed E-state index contributed by atoms with van der Waals surface area (Å²) in [6.07, 6.45) is 0. The Morgan fingerprint density at radius 3 is 2.29 bits per heavy atom. The zero-order chi connectivity index (χ0) is 20.4. The second-order valence-electron chi connectivity index (χ2n) is 6.97. The van der Waals surface area contributed by atoms with E-state index in [2.05, 4.69) is 11.1 Å². The smallest absolute Gasteiger partial charge is 0.326 e. The van der Waals surface area contributed by atoms with Gasteiger partial charge in [-0.25, -0.2) is 0 Å². The van der Waals surface area contributed by atoms with Crippen LogP contribution in [0.4, 0.5) is 0 Å². The van der Waals surface area contributed by atoms with Crippen LogP contribution in [0.25, 0.3) is 10.2 Å². The minimum Gasteiger partial charge on any atom is -0.465 e. The molecule has 0 saturated carbocycles. The average Bonchev–Trinajstić information content (AvgIpc) is 2.91. The quantitative estimate of drug-likeness (QED) is 0.620. The van der Waals surface area contributed by atoms with E-state index in [-0.39, 0.29) is 18.4 Å². The Bertz CT molecular complexity index is 1120. The Labute approximate surface area is 168 Å². The Kier molecular flexibility index (Phi) is 5.79. The second kappa shape index (κ2) is 8.10. The molecule has 6 heteroatoms. The van der Waals surface area contributed by atoms with Gasteiger partial charge in [0.15, 0.2) is 4.80 Å². The molecule has 0 atom stereocenters. The largest absolute Gasteiger partial charge is 0.465 e. The number of nitrogens with zero attached hydrogens (tertiary/aromatic N) is 2. The van der Waals surface area contributed by atoms with Crippen LogP contribution in [0.15, 0.2) is 35.3 Å². The molecule has 0 aliphatic rings. The summed E-state index contributed by atoms with van der Waals surface area (Å²) in [6.45, 7) is 10.1. The van der Waals surface area contributed by atoms with Crippen molar-refractivity contribution in [2.75, 3.05) is 6.61 Å². The van der Waals surface area contributed by atoms with Crippen molar-refractivity contribution in [3.63, 3.8) is 0 Å². The van der Waals surface area contributed by atoms with Crippen molar-refractivity contribution in [2.45, 2.75) is 41.2 Å². The summed E-state index contributed by atoms with van der Waals surface area (Å²) in [6, 6.07) is 9.77. The summed E-state index contributed by atoms with van der Waals surface area (Å²) in [5, 5.41) is 0. The number of hydrogen-bond acceptors (Lipinski definition) is 4. The van der Waals surface area contributed by atoms with Crippen molar-refractivity contribution in [3.8, 4) is 0 Å². The Balaban J connectivity index is 2.16. The van der Waals surface area contributed by atoms with E-state index in [1.54, 1.807) is 11.5 Å². The lowest BCUT2D eigenvalue weighted by Gasteiger charge is -2.07. The molecule has 0 unspecified atom stereocenters. The van der Waals surface area contributed by atoms with Gasteiger partial charge in [-0.3, -0.25) is 9.59 Å². The van der Waals surface area contributed by atoms with Crippen molar-refractivity contribution in [3.05, 3.63) is 63.0 Å². The van der Waals surface area contributed by atoms with Crippen LogP contribution in [0.5, 0.6) is 0 Å². The second-order valence-corrected chi connectivity index (χ2v) is 7.98. The molecule has 0 spiro atoms.